The van der Waals surface area contributed by atoms with Gasteiger partial charge in [-0.25, -0.2) is 4.98 Å². The number of nitrogens with one attached hydrogen (secondary N) is 1. The average Bonchev–Trinajstić information content (AvgIpc) is 3.16. The summed E-state index contributed by atoms with van der Waals surface area (Å²) in [5.74, 6) is 0.999. The van der Waals surface area contributed by atoms with Crippen molar-refractivity contribution in [1.82, 2.24) is 10.3 Å². The molecule has 6 heteroatoms. The number of carbonyl (C=O) groups is 1. The largest absolute Gasteiger partial charge is 0.496 e. The van der Waals surface area contributed by atoms with Gasteiger partial charge in [0, 0.05) is 31.1 Å². The lowest BCUT2D eigenvalue weighted by Gasteiger charge is -2.31. The van der Waals surface area contributed by atoms with Crippen LogP contribution < -0.4 is 15.0 Å². The molecule has 1 N–H and O–H groups in total. The quantitative estimate of drug-likeness (QED) is 0.730. The number of carbonyl (C=O) groups excluding carboxylic acids is 1. The molecule has 140 valence electrons. The van der Waals surface area contributed by atoms with E-state index in [9.17, 15) is 4.79 Å². The van der Waals surface area contributed by atoms with Gasteiger partial charge in [-0.2, -0.15) is 0 Å². The maximum absolute atomic E-state index is 12.6. The fourth-order valence-electron chi connectivity index (χ4n) is 3.50. The second-order valence-corrected chi connectivity index (χ2v) is 7.76. The normalized spacial score (nSPS) is 15.1. The van der Waals surface area contributed by atoms with Crippen molar-refractivity contribution in [1.29, 1.82) is 0 Å². The average molecular weight is 382 g/mol. The van der Waals surface area contributed by atoms with Crippen LogP contribution in [0.1, 0.15) is 18.4 Å². The lowest BCUT2D eigenvalue weighted by atomic mass is 9.96. The number of para-hydroxylation sites is 2. The monoisotopic (exact) mass is 381 g/mol. The number of thiazole rings is 1. The van der Waals surface area contributed by atoms with Crippen molar-refractivity contribution in [3.8, 4) is 5.75 Å². The standard InChI is InChI=1S/C21H23N3O2S/c1-26-18-8-4-2-6-16(18)14-22-20(25)15-10-12-24(13-11-15)21-23-17-7-3-5-9-19(17)27-21/h2-9,15H,10-14H2,1H3,(H,22,25). The van der Waals surface area contributed by atoms with E-state index >= 15 is 0 Å². The van der Waals surface area contributed by atoms with E-state index < -0.39 is 0 Å². The van der Waals surface area contributed by atoms with Crippen LogP contribution in [0.25, 0.3) is 10.2 Å². The highest BCUT2D eigenvalue weighted by molar-refractivity contribution is 7.22. The SMILES string of the molecule is COc1ccccc1CNC(=O)C1CCN(c2nc3ccccc3s2)CC1. The van der Waals surface area contributed by atoms with Crippen molar-refractivity contribution in [3.63, 3.8) is 0 Å². The molecule has 1 aliphatic rings. The number of ether oxygens (including phenoxy) is 1. The molecular formula is C21H23N3O2S. The molecule has 0 saturated carbocycles. The molecule has 0 unspecified atom stereocenters. The first kappa shape index (κ1) is 17.8. The number of fused-ring (bicyclic) bond motifs is 1. The van der Waals surface area contributed by atoms with Crippen LogP contribution in [0.5, 0.6) is 5.75 Å². The third-order valence-electron chi connectivity index (χ3n) is 5.06. The molecular weight excluding hydrogens is 358 g/mol. The fraction of sp³-hybridized carbons (Fsp3) is 0.333. The minimum absolute atomic E-state index is 0.0605. The molecule has 2 aromatic carbocycles. The zero-order valence-corrected chi connectivity index (χ0v) is 16.2. The van der Waals surface area contributed by atoms with Crippen molar-refractivity contribution in [2.75, 3.05) is 25.1 Å². The van der Waals surface area contributed by atoms with Gasteiger partial charge >= 0.3 is 0 Å². The molecule has 0 aliphatic carbocycles. The first-order valence-corrected chi connectivity index (χ1v) is 10.1. The second kappa shape index (κ2) is 7.96. The Morgan fingerprint density at radius 2 is 1.93 bits per heavy atom. The first-order chi connectivity index (χ1) is 13.2. The molecule has 1 aliphatic heterocycles. The highest BCUT2D eigenvalue weighted by Gasteiger charge is 2.26. The van der Waals surface area contributed by atoms with E-state index in [4.69, 9.17) is 9.72 Å². The second-order valence-electron chi connectivity index (χ2n) is 6.76. The number of amides is 1. The summed E-state index contributed by atoms with van der Waals surface area (Å²) in [7, 11) is 1.65. The predicted octanol–water partition coefficient (Wildman–Crippen LogP) is 3.84. The van der Waals surface area contributed by atoms with E-state index in [1.54, 1.807) is 18.4 Å². The molecule has 0 bridgehead atoms. The number of hydrogen-bond donors (Lipinski definition) is 1. The first-order valence-electron chi connectivity index (χ1n) is 9.24. The Morgan fingerprint density at radius 1 is 1.19 bits per heavy atom. The lowest BCUT2D eigenvalue weighted by Crippen LogP contribution is -2.40. The summed E-state index contributed by atoms with van der Waals surface area (Å²) >= 11 is 1.73. The fourth-order valence-corrected chi connectivity index (χ4v) is 4.52. The van der Waals surface area contributed by atoms with E-state index in [1.807, 2.05) is 42.5 Å². The summed E-state index contributed by atoms with van der Waals surface area (Å²) in [6, 6.07) is 16.0. The van der Waals surface area contributed by atoms with E-state index in [1.165, 1.54) is 4.70 Å². The molecule has 27 heavy (non-hydrogen) atoms. The van der Waals surface area contributed by atoms with Gasteiger partial charge in [0.05, 0.1) is 17.3 Å². The van der Waals surface area contributed by atoms with Crippen LogP contribution in [-0.2, 0) is 11.3 Å². The molecule has 4 rings (SSSR count). The van der Waals surface area contributed by atoms with Crippen molar-refractivity contribution in [2.45, 2.75) is 19.4 Å². The number of methoxy groups -OCH3 is 1. The van der Waals surface area contributed by atoms with Crippen LogP contribution in [0, 0.1) is 5.92 Å². The molecule has 5 nitrogen and oxygen atoms in total. The number of benzene rings is 2. The van der Waals surface area contributed by atoms with Crippen molar-refractivity contribution < 1.29 is 9.53 Å². The molecule has 0 spiro atoms. The van der Waals surface area contributed by atoms with E-state index in [-0.39, 0.29) is 11.8 Å². The van der Waals surface area contributed by atoms with Gasteiger partial charge in [0.15, 0.2) is 5.13 Å². The third kappa shape index (κ3) is 3.90. The van der Waals surface area contributed by atoms with Crippen LogP contribution in [0.15, 0.2) is 48.5 Å². The number of nitrogens with zero attached hydrogens (tertiary/aromatic N) is 2. The maximum Gasteiger partial charge on any atom is 0.223 e. The Labute approximate surface area is 163 Å². The summed E-state index contributed by atoms with van der Waals surface area (Å²) in [5, 5.41) is 4.13. The van der Waals surface area contributed by atoms with Gasteiger partial charge in [-0.05, 0) is 31.0 Å². The van der Waals surface area contributed by atoms with E-state index in [2.05, 4.69) is 16.3 Å². The molecule has 1 aromatic heterocycles. The van der Waals surface area contributed by atoms with Crippen LogP contribution in [0.3, 0.4) is 0 Å². The maximum atomic E-state index is 12.6. The zero-order chi connectivity index (χ0) is 18.6. The molecule has 0 radical (unpaired) electrons. The summed E-state index contributed by atoms with van der Waals surface area (Å²) in [6.07, 6.45) is 1.71. The molecule has 0 atom stereocenters. The van der Waals surface area contributed by atoms with Crippen LogP contribution >= 0.6 is 11.3 Å². The van der Waals surface area contributed by atoms with Gasteiger partial charge in [-0.15, -0.1) is 0 Å². The van der Waals surface area contributed by atoms with Gasteiger partial charge in [0.25, 0.3) is 0 Å². The van der Waals surface area contributed by atoms with Crippen LogP contribution in [-0.4, -0.2) is 31.1 Å². The van der Waals surface area contributed by atoms with Crippen molar-refractivity contribution in [3.05, 3.63) is 54.1 Å². The van der Waals surface area contributed by atoms with Crippen LogP contribution in [0.4, 0.5) is 5.13 Å². The van der Waals surface area contributed by atoms with Crippen molar-refractivity contribution in [2.24, 2.45) is 5.92 Å². The van der Waals surface area contributed by atoms with E-state index in [0.717, 1.165) is 47.9 Å². The molecule has 1 amide bonds. The Hall–Kier alpha value is -2.60. The topological polar surface area (TPSA) is 54.5 Å². The number of rotatable bonds is 5. The highest BCUT2D eigenvalue weighted by Crippen LogP contribution is 2.31. The van der Waals surface area contributed by atoms with Gasteiger partial charge in [0.1, 0.15) is 5.75 Å². The summed E-state index contributed by atoms with van der Waals surface area (Å²) in [6.45, 7) is 2.24. The molecule has 2 heterocycles. The highest BCUT2D eigenvalue weighted by atomic mass is 32.1. The van der Waals surface area contributed by atoms with Gasteiger partial charge in [-0.3, -0.25) is 4.79 Å². The Bertz CT molecular complexity index is 899. The minimum Gasteiger partial charge on any atom is -0.496 e. The Morgan fingerprint density at radius 3 is 2.70 bits per heavy atom. The van der Waals surface area contributed by atoms with Gasteiger partial charge < -0.3 is 15.0 Å². The smallest absolute Gasteiger partial charge is 0.223 e. The van der Waals surface area contributed by atoms with Gasteiger partial charge in [0.2, 0.25) is 5.91 Å². The summed E-state index contributed by atoms with van der Waals surface area (Å²) in [4.78, 5) is 19.6. The summed E-state index contributed by atoms with van der Waals surface area (Å²) < 4.78 is 6.56. The molecule has 3 aromatic rings. The van der Waals surface area contributed by atoms with Gasteiger partial charge in [-0.1, -0.05) is 41.7 Å². The number of piperidine rings is 1. The predicted molar refractivity (Wildman–Crippen MR) is 109 cm³/mol. The molecule has 1 saturated heterocycles. The minimum atomic E-state index is 0.0605. The number of hydrogen-bond acceptors (Lipinski definition) is 5. The van der Waals surface area contributed by atoms with E-state index in [0.29, 0.717) is 6.54 Å². The zero-order valence-electron chi connectivity index (χ0n) is 15.4. The summed E-state index contributed by atoms with van der Waals surface area (Å²) in [5.41, 5.74) is 2.05. The number of aromatic nitrogens is 1. The van der Waals surface area contributed by atoms with Crippen LogP contribution in [0.2, 0.25) is 0 Å². The molecule has 1 fully saturated rings. The third-order valence-corrected chi connectivity index (χ3v) is 6.16. The Kier molecular flexibility index (Phi) is 5.25. The Balaban J connectivity index is 1.32. The van der Waals surface area contributed by atoms with Crippen molar-refractivity contribution >= 4 is 32.6 Å². The number of anilines is 1. The lowest BCUT2D eigenvalue weighted by molar-refractivity contribution is -0.125.